The molecule has 1 amide bonds. The summed E-state index contributed by atoms with van der Waals surface area (Å²) < 4.78 is 10.4. The maximum atomic E-state index is 12.4. The third-order valence-corrected chi connectivity index (χ3v) is 4.07. The van der Waals surface area contributed by atoms with Crippen LogP contribution in [0.15, 0.2) is 42.5 Å². The van der Waals surface area contributed by atoms with E-state index in [9.17, 15) is 9.59 Å². The molecule has 6 heteroatoms. The average Bonchev–Trinajstić information content (AvgIpc) is 2.62. The van der Waals surface area contributed by atoms with Crippen molar-refractivity contribution in [3.8, 4) is 5.75 Å². The molecule has 2 aromatic carbocycles. The van der Waals surface area contributed by atoms with Crippen LogP contribution in [0.2, 0.25) is 5.02 Å². The summed E-state index contributed by atoms with van der Waals surface area (Å²) in [6.07, 6.45) is -0.130. The first-order valence-corrected chi connectivity index (χ1v) is 8.24. The minimum atomic E-state index is -0.638. The van der Waals surface area contributed by atoms with E-state index in [1.165, 1.54) is 7.11 Å². The highest BCUT2D eigenvalue weighted by atomic mass is 35.5. The summed E-state index contributed by atoms with van der Waals surface area (Å²) in [5.41, 5.74) is 1.88. The summed E-state index contributed by atoms with van der Waals surface area (Å²) in [6.45, 7) is 3.74. The molecule has 132 valence electrons. The zero-order valence-corrected chi connectivity index (χ0v) is 15.1. The number of hydrogen-bond acceptors (Lipinski definition) is 4. The van der Waals surface area contributed by atoms with Crippen molar-refractivity contribution in [2.75, 3.05) is 12.4 Å². The highest BCUT2D eigenvalue weighted by Gasteiger charge is 2.19. The van der Waals surface area contributed by atoms with Crippen LogP contribution in [0.5, 0.6) is 5.75 Å². The Morgan fingerprint density at radius 1 is 1.16 bits per heavy atom. The molecule has 0 fully saturated rings. The molecule has 0 spiro atoms. The first-order chi connectivity index (χ1) is 11.9. The predicted octanol–water partition coefficient (Wildman–Crippen LogP) is 4.23. The van der Waals surface area contributed by atoms with Crippen molar-refractivity contribution in [1.82, 2.24) is 0 Å². The lowest BCUT2D eigenvalue weighted by Crippen LogP contribution is -2.32. The van der Waals surface area contributed by atoms with Crippen molar-refractivity contribution < 1.29 is 19.1 Å². The summed E-state index contributed by atoms with van der Waals surface area (Å²) in [7, 11) is 1.32. The van der Waals surface area contributed by atoms with Crippen LogP contribution in [0.25, 0.3) is 0 Å². The standard InChI is InChI=1S/C19H20ClNO4/c1-4-17(25-15-9-10-16(20)12(2)11-15)18(22)21-14-7-5-13(6-8-14)19(23)24-3/h5-11,17H,4H2,1-3H3,(H,21,22)/t17-/m0/s1. The molecule has 25 heavy (non-hydrogen) atoms. The van der Waals surface area contributed by atoms with Crippen LogP contribution in [-0.2, 0) is 9.53 Å². The SMILES string of the molecule is CC[C@H](Oc1ccc(Cl)c(C)c1)C(=O)Nc1ccc(C(=O)OC)cc1. The highest BCUT2D eigenvalue weighted by Crippen LogP contribution is 2.23. The van der Waals surface area contributed by atoms with Gasteiger partial charge in [-0.2, -0.15) is 0 Å². The minimum Gasteiger partial charge on any atom is -0.481 e. The van der Waals surface area contributed by atoms with E-state index in [2.05, 4.69) is 10.1 Å². The van der Waals surface area contributed by atoms with E-state index in [0.717, 1.165) is 5.56 Å². The number of hydrogen-bond donors (Lipinski definition) is 1. The summed E-state index contributed by atoms with van der Waals surface area (Å²) in [5.74, 6) is -0.100. The molecule has 1 atom stereocenters. The van der Waals surface area contributed by atoms with E-state index in [1.807, 2.05) is 13.8 Å². The fourth-order valence-corrected chi connectivity index (χ4v) is 2.32. The molecule has 0 saturated heterocycles. The quantitative estimate of drug-likeness (QED) is 0.782. The zero-order valence-electron chi connectivity index (χ0n) is 14.3. The van der Waals surface area contributed by atoms with Gasteiger partial charge in [0.05, 0.1) is 12.7 Å². The summed E-state index contributed by atoms with van der Waals surface area (Å²) in [5, 5.41) is 3.43. The number of anilines is 1. The summed E-state index contributed by atoms with van der Waals surface area (Å²) >= 11 is 6.00. The number of halogens is 1. The molecule has 0 radical (unpaired) electrons. The Labute approximate surface area is 151 Å². The van der Waals surface area contributed by atoms with Gasteiger partial charge in [0.25, 0.3) is 5.91 Å². The lowest BCUT2D eigenvalue weighted by atomic mass is 10.2. The number of carbonyl (C=O) groups excluding carboxylic acids is 2. The molecule has 0 aliphatic rings. The summed E-state index contributed by atoms with van der Waals surface area (Å²) in [4.78, 5) is 23.8. The third kappa shape index (κ3) is 4.97. The smallest absolute Gasteiger partial charge is 0.337 e. The largest absolute Gasteiger partial charge is 0.481 e. The lowest BCUT2D eigenvalue weighted by Gasteiger charge is -2.18. The van der Waals surface area contributed by atoms with Gasteiger partial charge in [-0.25, -0.2) is 4.79 Å². The summed E-state index contributed by atoms with van der Waals surface area (Å²) in [6, 6.07) is 11.7. The van der Waals surface area contributed by atoms with Crippen molar-refractivity contribution in [2.24, 2.45) is 0 Å². The van der Waals surface area contributed by atoms with Crippen LogP contribution in [0.4, 0.5) is 5.69 Å². The Morgan fingerprint density at radius 3 is 2.40 bits per heavy atom. The number of rotatable bonds is 6. The molecule has 2 aromatic rings. The number of benzene rings is 2. The maximum Gasteiger partial charge on any atom is 0.337 e. The van der Waals surface area contributed by atoms with Crippen LogP contribution >= 0.6 is 11.6 Å². The molecule has 0 aliphatic carbocycles. The van der Waals surface area contributed by atoms with Gasteiger partial charge >= 0.3 is 5.97 Å². The van der Waals surface area contributed by atoms with E-state index >= 15 is 0 Å². The van der Waals surface area contributed by atoms with Crippen molar-refractivity contribution >= 4 is 29.2 Å². The molecule has 0 saturated carbocycles. The van der Waals surface area contributed by atoms with E-state index in [1.54, 1.807) is 42.5 Å². The second-order valence-electron chi connectivity index (χ2n) is 5.48. The molecule has 0 bridgehead atoms. The van der Waals surface area contributed by atoms with Crippen molar-refractivity contribution in [3.05, 3.63) is 58.6 Å². The Morgan fingerprint density at radius 2 is 1.84 bits per heavy atom. The molecule has 0 aliphatic heterocycles. The van der Waals surface area contributed by atoms with Gasteiger partial charge in [0.1, 0.15) is 5.75 Å². The molecule has 1 N–H and O–H groups in total. The molecular weight excluding hydrogens is 342 g/mol. The number of carbonyl (C=O) groups is 2. The Hall–Kier alpha value is -2.53. The Balaban J connectivity index is 2.04. The fraction of sp³-hybridized carbons (Fsp3) is 0.263. The topological polar surface area (TPSA) is 64.6 Å². The third-order valence-electron chi connectivity index (χ3n) is 3.64. The Bertz CT molecular complexity index is 759. The first kappa shape index (κ1) is 18.8. The van der Waals surface area contributed by atoms with Gasteiger partial charge in [-0.3, -0.25) is 4.79 Å². The van der Waals surface area contributed by atoms with E-state index in [0.29, 0.717) is 28.4 Å². The van der Waals surface area contributed by atoms with Crippen molar-refractivity contribution in [2.45, 2.75) is 26.4 Å². The van der Waals surface area contributed by atoms with Crippen molar-refractivity contribution in [3.63, 3.8) is 0 Å². The molecule has 0 aromatic heterocycles. The molecule has 0 heterocycles. The number of esters is 1. The number of ether oxygens (including phenoxy) is 2. The first-order valence-electron chi connectivity index (χ1n) is 7.86. The van der Waals surface area contributed by atoms with Gasteiger partial charge in [0.2, 0.25) is 0 Å². The van der Waals surface area contributed by atoms with Crippen LogP contribution < -0.4 is 10.1 Å². The lowest BCUT2D eigenvalue weighted by molar-refractivity contribution is -0.122. The van der Waals surface area contributed by atoms with Crippen LogP contribution in [0.1, 0.15) is 29.3 Å². The second kappa shape index (κ2) is 8.53. The minimum absolute atomic E-state index is 0.263. The average molecular weight is 362 g/mol. The van der Waals surface area contributed by atoms with Gasteiger partial charge in [0, 0.05) is 10.7 Å². The molecular formula is C19H20ClNO4. The molecule has 0 unspecified atom stereocenters. The van der Waals surface area contributed by atoms with Crippen LogP contribution in [-0.4, -0.2) is 25.1 Å². The van der Waals surface area contributed by atoms with Gasteiger partial charge < -0.3 is 14.8 Å². The molecule has 2 rings (SSSR count). The van der Waals surface area contributed by atoms with Gasteiger partial charge in [0.15, 0.2) is 6.10 Å². The predicted molar refractivity (Wildman–Crippen MR) is 97.3 cm³/mol. The van der Waals surface area contributed by atoms with Gasteiger partial charge in [-0.15, -0.1) is 0 Å². The number of aryl methyl sites for hydroxylation is 1. The van der Waals surface area contributed by atoms with Crippen molar-refractivity contribution in [1.29, 1.82) is 0 Å². The van der Waals surface area contributed by atoms with Crippen LogP contribution in [0.3, 0.4) is 0 Å². The van der Waals surface area contributed by atoms with E-state index in [-0.39, 0.29) is 5.91 Å². The fourth-order valence-electron chi connectivity index (χ4n) is 2.21. The van der Waals surface area contributed by atoms with E-state index < -0.39 is 12.1 Å². The van der Waals surface area contributed by atoms with E-state index in [4.69, 9.17) is 16.3 Å². The van der Waals surface area contributed by atoms with Gasteiger partial charge in [-0.05, 0) is 61.4 Å². The number of amides is 1. The monoisotopic (exact) mass is 361 g/mol. The Kier molecular flexibility index (Phi) is 6.42. The zero-order chi connectivity index (χ0) is 18.4. The second-order valence-corrected chi connectivity index (χ2v) is 5.89. The number of nitrogens with one attached hydrogen (secondary N) is 1. The normalized spacial score (nSPS) is 11.5. The number of methoxy groups -OCH3 is 1. The highest BCUT2D eigenvalue weighted by molar-refractivity contribution is 6.31. The maximum absolute atomic E-state index is 12.4. The van der Waals surface area contributed by atoms with Crippen LogP contribution in [0, 0.1) is 6.92 Å². The molecule has 5 nitrogen and oxygen atoms in total. The van der Waals surface area contributed by atoms with Gasteiger partial charge in [-0.1, -0.05) is 18.5 Å².